The van der Waals surface area contributed by atoms with Crippen molar-refractivity contribution in [3.63, 3.8) is 0 Å². The van der Waals surface area contributed by atoms with Gasteiger partial charge in [0.1, 0.15) is 5.82 Å². The second-order valence-corrected chi connectivity index (χ2v) is 6.36. The third kappa shape index (κ3) is 3.19. The van der Waals surface area contributed by atoms with Crippen LogP contribution in [0.15, 0.2) is 36.5 Å². The fraction of sp³-hybridized carbons (Fsp3) is 0.389. The Morgan fingerprint density at radius 2 is 2.04 bits per heavy atom. The third-order valence-electron chi connectivity index (χ3n) is 4.72. The molecular formula is C18H20FN5O. The summed E-state index contributed by atoms with van der Waals surface area (Å²) >= 11 is 0. The predicted molar refractivity (Wildman–Crippen MR) is 92.0 cm³/mol. The van der Waals surface area contributed by atoms with Crippen LogP contribution in [0.25, 0.3) is 11.2 Å². The Kier molecular flexibility index (Phi) is 4.09. The molecule has 0 atom stereocenters. The Morgan fingerprint density at radius 1 is 1.20 bits per heavy atom. The summed E-state index contributed by atoms with van der Waals surface area (Å²) < 4.78 is 20.3. The molecule has 0 bridgehead atoms. The van der Waals surface area contributed by atoms with Crippen molar-refractivity contribution in [3.05, 3.63) is 48.0 Å². The first-order chi connectivity index (χ1) is 12.2. The summed E-state index contributed by atoms with van der Waals surface area (Å²) in [5, 5.41) is 0. The summed E-state index contributed by atoms with van der Waals surface area (Å²) in [6, 6.07) is 9.13. The minimum Gasteiger partial charge on any atom is -0.481 e. The summed E-state index contributed by atoms with van der Waals surface area (Å²) in [6.45, 7) is 1.98. The predicted octanol–water partition coefficient (Wildman–Crippen LogP) is 2.82. The molecule has 3 aromatic heterocycles. The van der Waals surface area contributed by atoms with E-state index < -0.39 is 5.67 Å². The van der Waals surface area contributed by atoms with Gasteiger partial charge in [0.15, 0.2) is 11.3 Å². The standard InChI is InChI=1S/C18H20FN5O/c1-25-16-6-5-13-17(23-16)22-15(21-13)12-24-10-7-18(19,8-11-24)14-4-2-3-9-20-14/h2-6,9H,7-8,10-12H2,1H3,(H,21,22,23). The summed E-state index contributed by atoms with van der Waals surface area (Å²) in [6.07, 6.45) is 2.53. The quantitative estimate of drug-likeness (QED) is 0.790. The molecule has 7 heteroatoms. The number of hydrogen-bond donors (Lipinski definition) is 1. The summed E-state index contributed by atoms with van der Waals surface area (Å²) in [5.41, 5.74) is 0.719. The number of aromatic nitrogens is 4. The van der Waals surface area contributed by atoms with Gasteiger partial charge in [0.05, 0.1) is 24.9 Å². The maximum absolute atomic E-state index is 15.1. The average molecular weight is 341 g/mol. The van der Waals surface area contributed by atoms with Gasteiger partial charge >= 0.3 is 0 Å². The number of rotatable bonds is 4. The van der Waals surface area contributed by atoms with Crippen LogP contribution in [-0.4, -0.2) is 45.0 Å². The highest BCUT2D eigenvalue weighted by Gasteiger charge is 2.37. The van der Waals surface area contributed by atoms with E-state index in [4.69, 9.17) is 4.74 Å². The van der Waals surface area contributed by atoms with E-state index in [1.54, 1.807) is 25.4 Å². The molecule has 0 saturated carbocycles. The molecule has 0 aliphatic carbocycles. The van der Waals surface area contributed by atoms with Crippen LogP contribution in [-0.2, 0) is 12.2 Å². The Balaban J connectivity index is 1.43. The lowest BCUT2D eigenvalue weighted by Crippen LogP contribution is -2.40. The number of nitrogens with one attached hydrogen (secondary N) is 1. The van der Waals surface area contributed by atoms with Crippen LogP contribution in [0.5, 0.6) is 5.88 Å². The lowest BCUT2D eigenvalue weighted by atomic mass is 9.89. The van der Waals surface area contributed by atoms with Crippen molar-refractivity contribution < 1.29 is 9.13 Å². The molecule has 1 saturated heterocycles. The van der Waals surface area contributed by atoms with Crippen LogP contribution in [0.4, 0.5) is 4.39 Å². The van der Waals surface area contributed by atoms with E-state index >= 15 is 4.39 Å². The topological polar surface area (TPSA) is 66.9 Å². The SMILES string of the molecule is COc1ccc2[nH]c(CN3CCC(F)(c4ccccn4)CC3)nc2n1. The summed E-state index contributed by atoms with van der Waals surface area (Å²) in [5.74, 6) is 1.38. The first-order valence-electron chi connectivity index (χ1n) is 8.39. The van der Waals surface area contributed by atoms with Crippen molar-refractivity contribution in [1.29, 1.82) is 0 Å². The molecular weight excluding hydrogens is 321 g/mol. The van der Waals surface area contributed by atoms with Gasteiger partial charge in [-0.1, -0.05) is 6.07 Å². The van der Waals surface area contributed by atoms with E-state index in [2.05, 4.69) is 24.8 Å². The van der Waals surface area contributed by atoms with E-state index in [0.29, 0.717) is 49.7 Å². The number of hydrogen-bond acceptors (Lipinski definition) is 5. The molecule has 1 aliphatic heterocycles. The Morgan fingerprint density at radius 3 is 2.76 bits per heavy atom. The van der Waals surface area contributed by atoms with Gasteiger partial charge in [0, 0.05) is 25.4 Å². The molecule has 25 heavy (non-hydrogen) atoms. The zero-order valence-electron chi connectivity index (χ0n) is 14.1. The van der Waals surface area contributed by atoms with Crippen LogP contribution in [0.3, 0.4) is 0 Å². The van der Waals surface area contributed by atoms with Crippen LogP contribution in [0.1, 0.15) is 24.4 Å². The van der Waals surface area contributed by atoms with E-state index in [1.165, 1.54) is 0 Å². The van der Waals surface area contributed by atoms with Gasteiger partial charge < -0.3 is 9.72 Å². The number of H-pyrrole nitrogens is 1. The smallest absolute Gasteiger partial charge is 0.215 e. The molecule has 1 fully saturated rings. The van der Waals surface area contributed by atoms with E-state index in [1.807, 2.05) is 18.2 Å². The zero-order chi connectivity index (χ0) is 17.3. The van der Waals surface area contributed by atoms with Crippen molar-refractivity contribution >= 4 is 11.2 Å². The van der Waals surface area contributed by atoms with Gasteiger partial charge in [0.2, 0.25) is 5.88 Å². The van der Waals surface area contributed by atoms with Gasteiger partial charge in [-0.15, -0.1) is 0 Å². The first kappa shape index (κ1) is 16.0. The summed E-state index contributed by atoms with van der Waals surface area (Å²) in [4.78, 5) is 18.5. The largest absolute Gasteiger partial charge is 0.481 e. The number of aromatic amines is 1. The van der Waals surface area contributed by atoms with Crippen molar-refractivity contribution in [1.82, 2.24) is 24.8 Å². The first-order valence-corrected chi connectivity index (χ1v) is 8.39. The van der Waals surface area contributed by atoms with Gasteiger partial charge in [-0.05, 0) is 31.0 Å². The number of halogens is 1. The van der Waals surface area contributed by atoms with Gasteiger partial charge in [-0.25, -0.2) is 9.37 Å². The number of pyridine rings is 2. The highest BCUT2D eigenvalue weighted by molar-refractivity contribution is 5.71. The average Bonchev–Trinajstić information content (AvgIpc) is 3.06. The molecule has 0 spiro atoms. The zero-order valence-corrected chi connectivity index (χ0v) is 14.1. The molecule has 4 rings (SSSR count). The molecule has 0 unspecified atom stereocenters. The fourth-order valence-corrected chi connectivity index (χ4v) is 3.27. The fourth-order valence-electron chi connectivity index (χ4n) is 3.27. The number of nitrogens with zero attached hydrogens (tertiary/aromatic N) is 4. The van der Waals surface area contributed by atoms with Crippen molar-refractivity contribution in [3.8, 4) is 5.88 Å². The number of likely N-dealkylation sites (tertiary alicyclic amines) is 1. The second kappa shape index (κ2) is 6.40. The minimum absolute atomic E-state index is 0.441. The monoisotopic (exact) mass is 341 g/mol. The molecule has 1 aliphatic rings. The number of imidazole rings is 1. The van der Waals surface area contributed by atoms with Crippen molar-refractivity contribution in [2.45, 2.75) is 25.1 Å². The molecule has 0 amide bonds. The van der Waals surface area contributed by atoms with Gasteiger partial charge in [-0.2, -0.15) is 4.98 Å². The van der Waals surface area contributed by atoms with E-state index in [9.17, 15) is 0 Å². The minimum atomic E-state index is -1.33. The number of fused-ring (bicyclic) bond motifs is 1. The maximum Gasteiger partial charge on any atom is 0.215 e. The van der Waals surface area contributed by atoms with Crippen LogP contribution < -0.4 is 4.74 Å². The van der Waals surface area contributed by atoms with Crippen LogP contribution in [0, 0.1) is 0 Å². The number of piperidine rings is 1. The van der Waals surface area contributed by atoms with Gasteiger partial charge in [-0.3, -0.25) is 9.88 Å². The van der Waals surface area contributed by atoms with Crippen LogP contribution in [0.2, 0.25) is 0 Å². The third-order valence-corrected chi connectivity index (χ3v) is 4.72. The van der Waals surface area contributed by atoms with E-state index in [-0.39, 0.29) is 0 Å². The highest BCUT2D eigenvalue weighted by Crippen LogP contribution is 2.35. The molecule has 1 N–H and O–H groups in total. The van der Waals surface area contributed by atoms with Gasteiger partial charge in [0.25, 0.3) is 0 Å². The Hall–Kier alpha value is -2.54. The normalized spacial score (nSPS) is 17.7. The molecule has 4 heterocycles. The lowest BCUT2D eigenvalue weighted by Gasteiger charge is -2.35. The number of methoxy groups -OCH3 is 1. The van der Waals surface area contributed by atoms with Crippen LogP contribution >= 0.6 is 0 Å². The van der Waals surface area contributed by atoms with Crippen molar-refractivity contribution in [2.24, 2.45) is 0 Å². The summed E-state index contributed by atoms with van der Waals surface area (Å²) in [7, 11) is 1.58. The second-order valence-electron chi connectivity index (χ2n) is 6.36. The number of ether oxygens (including phenoxy) is 1. The molecule has 3 aromatic rings. The van der Waals surface area contributed by atoms with E-state index in [0.717, 1.165) is 11.3 Å². The van der Waals surface area contributed by atoms with Crippen molar-refractivity contribution in [2.75, 3.05) is 20.2 Å². The molecule has 0 radical (unpaired) electrons. The Labute approximate surface area is 145 Å². The highest BCUT2D eigenvalue weighted by atomic mass is 19.1. The maximum atomic E-state index is 15.1. The Bertz CT molecular complexity index is 858. The molecule has 0 aromatic carbocycles. The number of alkyl halides is 1. The molecule has 130 valence electrons. The molecule has 6 nitrogen and oxygen atoms in total. The lowest BCUT2D eigenvalue weighted by molar-refractivity contribution is 0.0481.